The Morgan fingerprint density at radius 2 is 1.76 bits per heavy atom. The van der Waals surface area contributed by atoms with Gasteiger partial charge in [0.2, 0.25) is 0 Å². The molecule has 4 heteroatoms. The van der Waals surface area contributed by atoms with E-state index in [2.05, 4.69) is 35.0 Å². The highest BCUT2D eigenvalue weighted by Gasteiger charge is 2.13. The summed E-state index contributed by atoms with van der Waals surface area (Å²) in [4.78, 5) is 0.230. The molecule has 0 saturated heterocycles. The Morgan fingerprint density at radius 1 is 1.05 bits per heavy atom. The first-order valence-corrected chi connectivity index (χ1v) is 7.95. The average Bonchev–Trinajstić information content (AvgIpc) is 2.46. The molecule has 0 aromatic heterocycles. The molecule has 0 amide bonds. The zero-order valence-corrected chi connectivity index (χ0v) is 14.7. The van der Waals surface area contributed by atoms with Gasteiger partial charge in [-0.1, -0.05) is 39.7 Å². The number of rotatable bonds is 5. The number of alkyl halides is 1. The smallest absolute Gasteiger partial charge is 0.160 e. The van der Waals surface area contributed by atoms with Crippen molar-refractivity contribution in [3.8, 4) is 11.5 Å². The monoisotopic (exact) mass is 368 g/mol. The van der Waals surface area contributed by atoms with Crippen LogP contribution in [0.25, 0.3) is 0 Å². The number of halogens is 2. The van der Waals surface area contributed by atoms with Crippen LogP contribution in [-0.4, -0.2) is 14.2 Å². The Labute approximate surface area is 139 Å². The fourth-order valence-electron chi connectivity index (χ4n) is 2.32. The third-order valence-corrected chi connectivity index (χ3v) is 4.48. The van der Waals surface area contributed by atoms with Crippen molar-refractivity contribution in [3.05, 3.63) is 58.1 Å². The molecular weight excluding hydrogens is 352 g/mol. The van der Waals surface area contributed by atoms with E-state index in [1.807, 2.05) is 24.3 Å². The summed E-state index contributed by atoms with van der Waals surface area (Å²) < 4.78 is 10.6. The normalized spacial score (nSPS) is 12.0. The summed E-state index contributed by atoms with van der Waals surface area (Å²) in [7, 11) is 3.29. The first kappa shape index (κ1) is 16.2. The van der Waals surface area contributed by atoms with Crippen molar-refractivity contribution in [2.45, 2.75) is 18.2 Å². The molecule has 0 fully saturated rings. The van der Waals surface area contributed by atoms with Crippen LogP contribution in [0.4, 0.5) is 0 Å². The van der Waals surface area contributed by atoms with Gasteiger partial charge < -0.3 is 9.47 Å². The van der Waals surface area contributed by atoms with E-state index in [0.29, 0.717) is 0 Å². The predicted molar refractivity (Wildman–Crippen MR) is 91.1 cm³/mol. The van der Waals surface area contributed by atoms with E-state index in [0.717, 1.165) is 22.9 Å². The van der Waals surface area contributed by atoms with Crippen molar-refractivity contribution in [3.63, 3.8) is 0 Å². The molecule has 1 atom stereocenters. The van der Waals surface area contributed by atoms with Crippen molar-refractivity contribution in [1.29, 1.82) is 0 Å². The van der Waals surface area contributed by atoms with Crippen LogP contribution in [0.5, 0.6) is 11.5 Å². The highest BCUT2D eigenvalue weighted by molar-refractivity contribution is 9.09. The second kappa shape index (κ2) is 7.19. The lowest BCUT2D eigenvalue weighted by atomic mass is 10.0. The average molecular weight is 370 g/mol. The lowest BCUT2D eigenvalue weighted by molar-refractivity contribution is 0.354. The molecule has 0 heterocycles. The standard InChI is InChI=1S/C17H18BrClO2/c1-11-8-13(19)5-6-14(11)15(18)9-12-4-7-16(20-2)17(10-12)21-3/h4-8,10,15H,9H2,1-3H3. The number of benzene rings is 2. The van der Waals surface area contributed by atoms with Crippen molar-refractivity contribution in [2.24, 2.45) is 0 Å². The van der Waals surface area contributed by atoms with Crippen molar-refractivity contribution in [2.75, 3.05) is 14.2 Å². The van der Waals surface area contributed by atoms with Gasteiger partial charge in [0.1, 0.15) is 0 Å². The number of aryl methyl sites for hydroxylation is 1. The first-order chi connectivity index (χ1) is 10.0. The summed E-state index contributed by atoms with van der Waals surface area (Å²) in [5.41, 5.74) is 3.61. The second-order valence-corrected chi connectivity index (χ2v) is 6.40. The van der Waals surface area contributed by atoms with Crippen LogP contribution in [0.1, 0.15) is 21.5 Å². The van der Waals surface area contributed by atoms with Gasteiger partial charge in [0.05, 0.1) is 14.2 Å². The summed E-state index contributed by atoms with van der Waals surface area (Å²) in [6.07, 6.45) is 0.864. The molecular formula is C17H18BrClO2. The van der Waals surface area contributed by atoms with E-state index < -0.39 is 0 Å². The van der Waals surface area contributed by atoms with E-state index in [1.54, 1.807) is 14.2 Å². The van der Waals surface area contributed by atoms with E-state index >= 15 is 0 Å². The maximum atomic E-state index is 6.01. The quantitative estimate of drug-likeness (QED) is 0.662. The molecule has 0 N–H and O–H groups in total. The van der Waals surface area contributed by atoms with Gasteiger partial charge in [-0.3, -0.25) is 0 Å². The zero-order chi connectivity index (χ0) is 15.4. The molecule has 2 nitrogen and oxygen atoms in total. The first-order valence-electron chi connectivity index (χ1n) is 6.66. The lowest BCUT2D eigenvalue weighted by Crippen LogP contribution is -1.99. The van der Waals surface area contributed by atoms with Crippen molar-refractivity contribution in [1.82, 2.24) is 0 Å². The fourth-order valence-corrected chi connectivity index (χ4v) is 3.43. The minimum absolute atomic E-state index is 0.230. The molecule has 0 aliphatic carbocycles. The summed E-state index contributed by atoms with van der Waals surface area (Å²) >= 11 is 9.77. The van der Waals surface area contributed by atoms with E-state index in [9.17, 15) is 0 Å². The lowest BCUT2D eigenvalue weighted by Gasteiger charge is -2.15. The molecule has 0 bridgehead atoms. The van der Waals surface area contributed by atoms with Crippen LogP contribution in [0.2, 0.25) is 5.02 Å². The van der Waals surface area contributed by atoms with Gasteiger partial charge >= 0.3 is 0 Å². The number of hydrogen-bond acceptors (Lipinski definition) is 2. The Kier molecular flexibility index (Phi) is 5.54. The van der Waals surface area contributed by atoms with Gasteiger partial charge in [0, 0.05) is 9.85 Å². The van der Waals surface area contributed by atoms with E-state index in [-0.39, 0.29) is 4.83 Å². The topological polar surface area (TPSA) is 18.5 Å². The molecule has 0 saturated carbocycles. The minimum Gasteiger partial charge on any atom is -0.493 e. The van der Waals surface area contributed by atoms with Gasteiger partial charge in [0.15, 0.2) is 11.5 Å². The SMILES string of the molecule is COc1ccc(CC(Br)c2ccc(Cl)cc2C)cc1OC. The highest BCUT2D eigenvalue weighted by Crippen LogP contribution is 2.34. The third-order valence-electron chi connectivity index (χ3n) is 3.43. The molecule has 0 spiro atoms. The van der Waals surface area contributed by atoms with Crippen LogP contribution in [-0.2, 0) is 6.42 Å². The number of methoxy groups -OCH3 is 2. The number of ether oxygens (including phenoxy) is 2. The Morgan fingerprint density at radius 3 is 2.38 bits per heavy atom. The van der Waals surface area contributed by atoms with Crippen LogP contribution in [0.3, 0.4) is 0 Å². The van der Waals surface area contributed by atoms with E-state index in [4.69, 9.17) is 21.1 Å². The van der Waals surface area contributed by atoms with Crippen molar-refractivity contribution >= 4 is 27.5 Å². The number of hydrogen-bond donors (Lipinski definition) is 0. The van der Waals surface area contributed by atoms with Gasteiger partial charge in [-0.05, 0) is 54.3 Å². The molecule has 0 radical (unpaired) electrons. The van der Waals surface area contributed by atoms with Crippen LogP contribution < -0.4 is 9.47 Å². The molecule has 0 aliphatic heterocycles. The minimum atomic E-state index is 0.230. The van der Waals surface area contributed by atoms with Gasteiger partial charge in [0.25, 0.3) is 0 Å². The Bertz CT molecular complexity index is 628. The summed E-state index contributed by atoms with van der Waals surface area (Å²) in [5, 5.41) is 0.766. The summed E-state index contributed by atoms with van der Waals surface area (Å²) in [5.74, 6) is 1.50. The highest BCUT2D eigenvalue weighted by atomic mass is 79.9. The third kappa shape index (κ3) is 3.92. The predicted octanol–water partition coefficient (Wildman–Crippen LogP) is 5.34. The largest absolute Gasteiger partial charge is 0.493 e. The summed E-state index contributed by atoms with van der Waals surface area (Å²) in [6, 6.07) is 12.0. The molecule has 0 aliphatic rings. The summed E-state index contributed by atoms with van der Waals surface area (Å²) in [6.45, 7) is 2.07. The Hall–Kier alpha value is -1.19. The maximum absolute atomic E-state index is 6.01. The molecule has 2 aromatic carbocycles. The van der Waals surface area contributed by atoms with Crippen LogP contribution in [0, 0.1) is 6.92 Å². The maximum Gasteiger partial charge on any atom is 0.160 e. The fraction of sp³-hybridized carbons (Fsp3) is 0.294. The Balaban J connectivity index is 2.21. The van der Waals surface area contributed by atoms with Crippen LogP contribution in [0.15, 0.2) is 36.4 Å². The van der Waals surface area contributed by atoms with E-state index in [1.165, 1.54) is 16.7 Å². The van der Waals surface area contributed by atoms with Crippen molar-refractivity contribution < 1.29 is 9.47 Å². The van der Waals surface area contributed by atoms with Crippen LogP contribution >= 0.6 is 27.5 Å². The molecule has 21 heavy (non-hydrogen) atoms. The molecule has 2 rings (SSSR count). The molecule has 2 aromatic rings. The second-order valence-electron chi connectivity index (χ2n) is 4.86. The zero-order valence-electron chi connectivity index (χ0n) is 12.3. The van der Waals surface area contributed by atoms with Gasteiger partial charge in [-0.2, -0.15) is 0 Å². The van der Waals surface area contributed by atoms with Gasteiger partial charge in [-0.25, -0.2) is 0 Å². The van der Waals surface area contributed by atoms with Gasteiger partial charge in [-0.15, -0.1) is 0 Å². The molecule has 1 unspecified atom stereocenters. The molecule has 112 valence electrons.